The van der Waals surface area contributed by atoms with Crippen LogP contribution in [0, 0.1) is 28.6 Å². The highest BCUT2D eigenvalue weighted by atomic mass is 16.3. The predicted molar refractivity (Wildman–Crippen MR) is 86.6 cm³/mol. The number of aliphatic hydroxyl groups is 1. The molecular formula is C19H36O. The fraction of sp³-hybridized carbons (Fsp3) is 1.00. The van der Waals surface area contributed by atoms with Crippen LogP contribution in [0.4, 0.5) is 0 Å². The second-order valence-electron chi connectivity index (χ2n) is 9.05. The molecule has 2 aliphatic rings. The summed E-state index contributed by atoms with van der Waals surface area (Å²) in [6, 6.07) is 0. The standard InChI is InChI=1S/C19H36O/c1-14-16-9-7-6-8-15(20)10-12-19(4,5)17(16)11-13-18(14,2)3/h14-17,20H,6-13H2,1-5H3/t14?,15-,16?,17?/m1/s1. The molecule has 0 saturated heterocycles. The Labute approximate surface area is 126 Å². The zero-order valence-corrected chi connectivity index (χ0v) is 14.4. The highest BCUT2D eigenvalue weighted by Gasteiger charge is 2.46. The zero-order valence-electron chi connectivity index (χ0n) is 14.4. The molecule has 4 atom stereocenters. The maximum absolute atomic E-state index is 10.1. The van der Waals surface area contributed by atoms with Crippen LogP contribution in [0.25, 0.3) is 0 Å². The molecule has 2 aliphatic carbocycles. The topological polar surface area (TPSA) is 20.2 Å². The summed E-state index contributed by atoms with van der Waals surface area (Å²) in [5, 5.41) is 10.1. The molecule has 0 bridgehead atoms. The summed E-state index contributed by atoms with van der Waals surface area (Å²) >= 11 is 0. The summed E-state index contributed by atoms with van der Waals surface area (Å²) in [5.41, 5.74) is 0.911. The fourth-order valence-corrected chi connectivity index (χ4v) is 4.95. The maximum atomic E-state index is 10.1. The molecule has 2 saturated carbocycles. The molecule has 118 valence electrons. The number of rotatable bonds is 0. The van der Waals surface area contributed by atoms with Crippen molar-refractivity contribution in [2.24, 2.45) is 28.6 Å². The molecule has 2 fully saturated rings. The first-order chi connectivity index (χ1) is 9.24. The fourth-order valence-electron chi connectivity index (χ4n) is 4.95. The lowest BCUT2D eigenvalue weighted by Crippen LogP contribution is -2.44. The van der Waals surface area contributed by atoms with Gasteiger partial charge in [-0.05, 0) is 67.1 Å². The van der Waals surface area contributed by atoms with Crippen LogP contribution in [0.15, 0.2) is 0 Å². The normalized spacial score (nSPS) is 41.7. The average molecular weight is 280 g/mol. The van der Waals surface area contributed by atoms with Crippen molar-refractivity contribution in [2.45, 2.75) is 92.1 Å². The molecule has 2 rings (SSSR count). The molecular weight excluding hydrogens is 244 g/mol. The van der Waals surface area contributed by atoms with Crippen LogP contribution in [0.1, 0.15) is 86.0 Å². The highest BCUT2D eigenvalue weighted by Crippen LogP contribution is 2.54. The molecule has 0 amide bonds. The maximum Gasteiger partial charge on any atom is 0.0540 e. The minimum absolute atomic E-state index is 0.0525. The van der Waals surface area contributed by atoms with Gasteiger partial charge in [-0.25, -0.2) is 0 Å². The Morgan fingerprint density at radius 3 is 2.10 bits per heavy atom. The summed E-state index contributed by atoms with van der Waals surface area (Å²) in [5.74, 6) is 2.59. The first-order valence-corrected chi connectivity index (χ1v) is 8.92. The van der Waals surface area contributed by atoms with Gasteiger partial charge in [-0.2, -0.15) is 0 Å². The number of hydrogen-bond acceptors (Lipinski definition) is 1. The third-order valence-electron chi connectivity index (χ3n) is 6.94. The smallest absolute Gasteiger partial charge is 0.0540 e. The second-order valence-corrected chi connectivity index (χ2v) is 9.05. The Balaban J connectivity index is 2.19. The summed E-state index contributed by atoms with van der Waals surface area (Å²) in [6.45, 7) is 12.4. The van der Waals surface area contributed by atoms with Gasteiger partial charge in [-0.15, -0.1) is 0 Å². The van der Waals surface area contributed by atoms with Gasteiger partial charge < -0.3 is 5.11 Å². The van der Waals surface area contributed by atoms with E-state index in [4.69, 9.17) is 0 Å². The van der Waals surface area contributed by atoms with E-state index in [9.17, 15) is 5.11 Å². The molecule has 0 aromatic rings. The van der Waals surface area contributed by atoms with Crippen LogP contribution in [-0.2, 0) is 0 Å². The van der Waals surface area contributed by atoms with E-state index in [-0.39, 0.29) is 6.10 Å². The van der Waals surface area contributed by atoms with Crippen molar-refractivity contribution in [3.63, 3.8) is 0 Å². The van der Waals surface area contributed by atoms with Crippen molar-refractivity contribution < 1.29 is 5.11 Å². The predicted octanol–water partition coefficient (Wildman–Crippen LogP) is 5.42. The zero-order chi connectivity index (χ0) is 15.0. The average Bonchev–Trinajstić information content (AvgIpc) is 2.36. The highest BCUT2D eigenvalue weighted by molar-refractivity contribution is 4.95. The Morgan fingerprint density at radius 2 is 1.40 bits per heavy atom. The Kier molecular flexibility index (Phi) is 4.89. The molecule has 20 heavy (non-hydrogen) atoms. The molecule has 0 aromatic carbocycles. The minimum atomic E-state index is -0.0525. The van der Waals surface area contributed by atoms with Crippen molar-refractivity contribution in [1.29, 1.82) is 0 Å². The van der Waals surface area contributed by atoms with Crippen molar-refractivity contribution in [3.8, 4) is 0 Å². The van der Waals surface area contributed by atoms with Crippen LogP contribution in [-0.4, -0.2) is 11.2 Å². The van der Waals surface area contributed by atoms with E-state index in [2.05, 4.69) is 34.6 Å². The Bertz CT molecular complexity index is 318. The quantitative estimate of drug-likeness (QED) is 0.628. The van der Waals surface area contributed by atoms with Crippen molar-refractivity contribution in [2.75, 3.05) is 0 Å². The van der Waals surface area contributed by atoms with Crippen LogP contribution in [0.2, 0.25) is 0 Å². The SMILES string of the molecule is CC1C2CCCC[C@@H](O)CCC(C)(C)C2CCC1(C)C. The van der Waals surface area contributed by atoms with E-state index < -0.39 is 0 Å². The van der Waals surface area contributed by atoms with Crippen molar-refractivity contribution in [3.05, 3.63) is 0 Å². The van der Waals surface area contributed by atoms with E-state index in [1.54, 1.807) is 0 Å². The molecule has 3 unspecified atom stereocenters. The number of hydrogen-bond donors (Lipinski definition) is 1. The van der Waals surface area contributed by atoms with Crippen LogP contribution in [0.3, 0.4) is 0 Å². The number of aliphatic hydroxyl groups excluding tert-OH is 1. The van der Waals surface area contributed by atoms with Gasteiger partial charge in [-0.3, -0.25) is 0 Å². The second kappa shape index (κ2) is 5.99. The van der Waals surface area contributed by atoms with E-state index >= 15 is 0 Å². The van der Waals surface area contributed by atoms with Gasteiger partial charge in [0, 0.05) is 0 Å². The number of fused-ring (bicyclic) bond motifs is 1. The van der Waals surface area contributed by atoms with E-state index in [0.717, 1.165) is 30.6 Å². The molecule has 0 spiro atoms. The van der Waals surface area contributed by atoms with E-state index in [1.165, 1.54) is 38.5 Å². The van der Waals surface area contributed by atoms with Crippen molar-refractivity contribution in [1.82, 2.24) is 0 Å². The molecule has 1 heteroatoms. The van der Waals surface area contributed by atoms with Crippen LogP contribution in [0.5, 0.6) is 0 Å². The van der Waals surface area contributed by atoms with Gasteiger partial charge in [0.1, 0.15) is 0 Å². The summed E-state index contributed by atoms with van der Waals surface area (Å²) < 4.78 is 0. The molecule has 1 N–H and O–H groups in total. The summed E-state index contributed by atoms with van der Waals surface area (Å²) in [4.78, 5) is 0. The van der Waals surface area contributed by atoms with Crippen molar-refractivity contribution >= 4 is 0 Å². The van der Waals surface area contributed by atoms with Crippen LogP contribution < -0.4 is 0 Å². The minimum Gasteiger partial charge on any atom is -0.393 e. The van der Waals surface area contributed by atoms with Gasteiger partial charge in [-0.1, -0.05) is 47.5 Å². The molecule has 1 nitrogen and oxygen atoms in total. The van der Waals surface area contributed by atoms with Gasteiger partial charge in [0.15, 0.2) is 0 Å². The largest absolute Gasteiger partial charge is 0.393 e. The molecule has 0 aliphatic heterocycles. The van der Waals surface area contributed by atoms with Gasteiger partial charge >= 0.3 is 0 Å². The molecule has 0 radical (unpaired) electrons. The van der Waals surface area contributed by atoms with Gasteiger partial charge in [0.25, 0.3) is 0 Å². The lowest BCUT2D eigenvalue weighted by molar-refractivity contribution is -0.0323. The Morgan fingerprint density at radius 1 is 0.800 bits per heavy atom. The summed E-state index contributed by atoms with van der Waals surface area (Å²) in [7, 11) is 0. The molecule has 0 heterocycles. The van der Waals surface area contributed by atoms with Crippen LogP contribution >= 0.6 is 0 Å². The first-order valence-electron chi connectivity index (χ1n) is 8.92. The van der Waals surface area contributed by atoms with E-state index in [0.29, 0.717) is 10.8 Å². The first kappa shape index (κ1) is 16.3. The van der Waals surface area contributed by atoms with Gasteiger partial charge in [0.2, 0.25) is 0 Å². The third-order valence-corrected chi connectivity index (χ3v) is 6.94. The summed E-state index contributed by atoms with van der Waals surface area (Å²) in [6.07, 6.45) is 9.86. The lowest BCUT2D eigenvalue weighted by Gasteiger charge is -2.52. The molecule has 0 aromatic heterocycles. The monoisotopic (exact) mass is 280 g/mol. The Hall–Kier alpha value is -0.0400. The van der Waals surface area contributed by atoms with Gasteiger partial charge in [0.05, 0.1) is 6.10 Å². The third kappa shape index (κ3) is 3.40. The van der Waals surface area contributed by atoms with E-state index in [1.807, 2.05) is 0 Å². The lowest BCUT2D eigenvalue weighted by atomic mass is 9.53.